The molecule has 1 aliphatic heterocycles. The first-order chi connectivity index (χ1) is 10.6. The number of aromatic nitrogens is 1. The molecule has 1 saturated heterocycles. The Kier molecular flexibility index (Phi) is 4.00. The first kappa shape index (κ1) is 14.8. The zero-order valence-electron chi connectivity index (χ0n) is 12.4. The lowest BCUT2D eigenvalue weighted by molar-refractivity contribution is -0.143. The zero-order valence-corrected chi connectivity index (χ0v) is 12.4. The molecule has 0 radical (unpaired) electrons. The highest BCUT2D eigenvalue weighted by molar-refractivity contribution is 5.96. The van der Waals surface area contributed by atoms with Crippen LogP contribution in [0.4, 0.5) is 0 Å². The van der Waals surface area contributed by atoms with Crippen LogP contribution in [0.25, 0.3) is 0 Å². The van der Waals surface area contributed by atoms with Crippen molar-refractivity contribution in [2.24, 2.45) is 0 Å². The number of aliphatic carboxylic acids is 1. The molecule has 118 valence electrons. The molecule has 2 aliphatic rings. The lowest BCUT2D eigenvalue weighted by Gasteiger charge is -2.33. The summed E-state index contributed by atoms with van der Waals surface area (Å²) in [4.78, 5) is 40.4. The molecule has 1 aliphatic carbocycles. The Hall–Kier alpha value is -2.11. The minimum Gasteiger partial charge on any atom is -0.480 e. The first-order valence-electron chi connectivity index (χ1n) is 7.87. The van der Waals surface area contributed by atoms with Crippen LogP contribution in [0.2, 0.25) is 0 Å². The summed E-state index contributed by atoms with van der Waals surface area (Å²) in [7, 11) is 0. The maximum Gasteiger partial charge on any atom is 0.326 e. The Bertz CT molecular complexity index is 665. The predicted molar refractivity (Wildman–Crippen MR) is 80.0 cm³/mol. The Morgan fingerprint density at radius 3 is 2.73 bits per heavy atom. The van der Waals surface area contributed by atoms with Gasteiger partial charge in [-0.3, -0.25) is 9.59 Å². The number of carboxylic acids is 1. The molecule has 0 bridgehead atoms. The minimum absolute atomic E-state index is 0.0776. The molecule has 6 heteroatoms. The number of carboxylic acid groups (broad SMARTS) is 1. The van der Waals surface area contributed by atoms with Gasteiger partial charge in [0.1, 0.15) is 11.6 Å². The number of aromatic amines is 1. The fraction of sp³-hybridized carbons (Fsp3) is 0.562. The second-order valence-corrected chi connectivity index (χ2v) is 6.07. The molecule has 2 N–H and O–H groups in total. The second-order valence-electron chi connectivity index (χ2n) is 6.07. The highest BCUT2D eigenvalue weighted by Gasteiger charge is 2.33. The number of piperidine rings is 1. The SMILES string of the molecule is O=C(O)[C@H]1CCCCN1C(=O)c1cc2c([nH]c1=O)CCCC2. The van der Waals surface area contributed by atoms with E-state index in [1.807, 2.05) is 0 Å². The second kappa shape index (κ2) is 5.94. The quantitative estimate of drug-likeness (QED) is 0.862. The summed E-state index contributed by atoms with van der Waals surface area (Å²) in [6.07, 6.45) is 5.80. The summed E-state index contributed by atoms with van der Waals surface area (Å²) in [5.74, 6) is -1.45. The fourth-order valence-corrected chi connectivity index (χ4v) is 3.42. The van der Waals surface area contributed by atoms with Crippen molar-refractivity contribution < 1.29 is 14.7 Å². The molecule has 0 aromatic carbocycles. The number of aryl methyl sites for hydroxylation is 2. The first-order valence-corrected chi connectivity index (χ1v) is 7.87. The lowest BCUT2D eigenvalue weighted by Crippen LogP contribution is -2.49. The van der Waals surface area contributed by atoms with Gasteiger partial charge >= 0.3 is 5.97 Å². The number of hydrogen-bond acceptors (Lipinski definition) is 3. The molecule has 0 unspecified atom stereocenters. The normalized spacial score (nSPS) is 21.3. The predicted octanol–water partition coefficient (Wildman–Crippen LogP) is 1.33. The van der Waals surface area contributed by atoms with Crippen molar-refractivity contribution in [2.45, 2.75) is 51.0 Å². The number of fused-ring (bicyclic) bond motifs is 1. The van der Waals surface area contributed by atoms with Crippen LogP contribution in [0.5, 0.6) is 0 Å². The summed E-state index contributed by atoms with van der Waals surface area (Å²) in [6.45, 7) is 0.395. The number of hydrogen-bond donors (Lipinski definition) is 2. The molecule has 2 heterocycles. The summed E-state index contributed by atoms with van der Waals surface area (Å²) >= 11 is 0. The van der Waals surface area contributed by atoms with Gasteiger partial charge < -0.3 is 15.0 Å². The van der Waals surface area contributed by atoms with Gasteiger partial charge in [0.05, 0.1) is 0 Å². The smallest absolute Gasteiger partial charge is 0.326 e. The van der Waals surface area contributed by atoms with Gasteiger partial charge in [-0.15, -0.1) is 0 Å². The van der Waals surface area contributed by atoms with Crippen molar-refractivity contribution in [1.82, 2.24) is 9.88 Å². The summed E-state index contributed by atoms with van der Waals surface area (Å²) in [5.41, 5.74) is 1.61. The number of likely N-dealkylation sites (tertiary alicyclic amines) is 1. The van der Waals surface area contributed by atoms with E-state index in [1.54, 1.807) is 6.07 Å². The molecule has 1 fully saturated rings. The van der Waals surface area contributed by atoms with Crippen molar-refractivity contribution in [3.8, 4) is 0 Å². The Labute approximate surface area is 128 Å². The third kappa shape index (κ3) is 2.65. The van der Waals surface area contributed by atoms with Gasteiger partial charge in [-0.2, -0.15) is 0 Å². The van der Waals surface area contributed by atoms with E-state index >= 15 is 0 Å². The van der Waals surface area contributed by atoms with E-state index in [2.05, 4.69) is 4.98 Å². The largest absolute Gasteiger partial charge is 0.480 e. The molecule has 0 saturated carbocycles. The number of rotatable bonds is 2. The van der Waals surface area contributed by atoms with Gasteiger partial charge in [-0.1, -0.05) is 0 Å². The van der Waals surface area contributed by atoms with Crippen molar-refractivity contribution in [3.05, 3.63) is 33.2 Å². The van der Waals surface area contributed by atoms with Gasteiger partial charge in [0.2, 0.25) is 0 Å². The van der Waals surface area contributed by atoms with Crippen LogP contribution in [0.15, 0.2) is 10.9 Å². The van der Waals surface area contributed by atoms with Crippen LogP contribution in [0.1, 0.15) is 53.7 Å². The van der Waals surface area contributed by atoms with Crippen molar-refractivity contribution in [1.29, 1.82) is 0 Å². The van der Waals surface area contributed by atoms with Crippen molar-refractivity contribution in [2.75, 3.05) is 6.54 Å². The standard InChI is InChI=1S/C16H20N2O4/c19-14-11(9-10-5-1-2-6-12(10)17-14)15(20)18-8-4-3-7-13(18)16(21)22/h9,13H,1-8H2,(H,17,19)(H,21,22)/t13-/m1/s1. The average molecular weight is 304 g/mol. The molecule has 1 atom stereocenters. The fourth-order valence-electron chi connectivity index (χ4n) is 3.42. The van der Waals surface area contributed by atoms with E-state index in [9.17, 15) is 19.5 Å². The van der Waals surface area contributed by atoms with Crippen LogP contribution >= 0.6 is 0 Å². The number of amides is 1. The van der Waals surface area contributed by atoms with E-state index in [-0.39, 0.29) is 5.56 Å². The number of carbonyl (C=O) groups excluding carboxylic acids is 1. The monoisotopic (exact) mass is 304 g/mol. The molecule has 1 aromatic rings. The molecule has 22 heavy (non-hydrogen) atoms. The maximum absolute atomic E-state index is 12.7. The van der Waals surface area contributed by atoms with Crippen molar-refractivity contribution in [3.63, 3.8) is 0 Å². The van der Waals surface area contributed by atoms with Gasteiger partial charge in [0.25, 0.3) is 11.5 Å². The molecular formula is C16H20N2O4. The topological polar surface area (TPSA) is 90.5 Å². The Morgan fingerprint density at radius 1 is 1.18 bits per heavy atom. The average Bonchev–Trinajstić information content (AvgIpc) is 2.53. The summed E-state index contributed by atoms with van der Waals surface area (Å²) in [5, 5.41) is 9.29. The zero-order chi connectivity index (χ0) is 15.7. The number of nitrogens with one attached hydrogen (secondary N) is 1. The van der Waals surface area contributed by atoms with E-state index < -0.39 is 23.5 Å². The lowest BCUT2D eigenvalue weighted by atomic mass is 9.94. The van der Waals surface area contributed by atoms with Gasteiger partial charge in [0, 0.05) is 12.2 Å². The molecule has 1 aromatic heterocycles. The number of carbonyl (C=O) groups is 2. The summed E-state index contributed by atoms with van der Waals surface area (Å²) in [6, 6.07) is 0.847. The van der Waals surface area contributed by atoms with Crippen LogP contribution in [-0.2, 0) is 17.6 Å². The van der Waals surface area contributed by atoms with Crippen LogP contribution in [0.3, 0.4) is 0 Å². The van der Waals surface area contributed by atoms with Gasteiger partial charge in [-0.25, -0.2) is 4.79 Å². The highest BCUT2D eigenvalue weighted by atomic mass is 16.4. The third-order valence-electron chi connectivity index (χ3n) is 4.62. The summed E-state index contributed by atoms with van der Waals surface area (Å²) < 4.78 is 0. The van der Waals surface area contributed by atoms with Crippen molar-refractivity contribution >= 4 is 11.9 Å². The Balaban J connectivity index is 1.94. The van der Waals surface area contributed by atoms with E-state index in [1.165, 1.54) is 4.90 Å². The Morgan fingerprint density at radius 2 is 1.95 bits per heavy atom. The van der Waals surface area contributed by atoms with E-state index in [4.69, 9.17) is 0 Å². The van der Waals surface area contributed by atoms with Crippen LogP contribution in [0, 0.1) is 0 Å². The van der Waals surface area contributed by atoms with E-state index in [0.29, 0.717) is 13.0 Å². The van der Waals surface area contributed by atoms with E-state index in [0.717, 1.165) is 49.8 Å². The van der Waals surface area contributed by atoms with Crippen LogP contribution < -0.4 is 5.56 Å². The minimum atomic E-state index is -0.998. The molecule has 0 spiro atoms. The number of H-pyrrole nitrogens is 1. The molecule has 3 rings (SSSR count). The number of pyridine rings is 1. The molecule has 6 nitrogen and oxygen atoms in total. The molecule has 1 amide bonds. The van der Waals surface area contributed by atoms with Gasteiger partial charge in [0.15, 0.2) is 0 Å². The number of nitrogens with zero attached hydrogens (tertiary/aromatic N) is 1. The highest BCUT2D eigenvalue weighted by Crippen LogP contribution is 2.22. The third-order valence-corrected chi connectivity index (χ3v) is 4.62. The van der Waals surface area contributed by atoms with Gasteiger partial charge in [-0.05, 0) is 56.6 Å². The maximum atomic E-state index is 12.7. The molecular weight excluding hydrogens is 284 g/mol. The van der Waals surface area contributed by atoms with Crippen LogP contribution in [-0.4, -0.2) is 39.5 Å².